The van der Waals surface area contributed by atoms with Crippen molar-refractivity contribution < 1.29 is 23.9 Å². The number of nitrogens with zero attached hydrogens (tertiary/aromatic N) is 1. The molecule has 0 saturated carbocycles. The zero-order valence-corrected chi connectivity index (χ0v) is 20.6. The highest BCUT2D eigenvalue weighted by Crippen LogP contribution is 2.48. The first-order valence-corrected chi connectivity index (χ1v) is 12.4. The van der Waals surface area contributed by atoms with Gasteiger partial charge in [0.15, 0.2) is 18.2 Å². The smallest absolute Gasteiger partial charge is 0.262 e. The highest BCUT2D eigenvalue weighted by molar-refractivity contribution is 6.06. The number of allylic oxidation sites excluding steroid dienone is 4. The molecule has 7 nitrogen and oxygen atoms in total. The lowest BCUT2D eigenvalue weighted by molar-refractivity contribution is -0.118. The first kappa shape index (κ1) is 23.9. The van der Waals surface area contributed by atoms with Crippen molar-refractivity contribution in [1.82, 2.24) is 4.90 Å². The molecular weight excluding hydrogens is 456 g/mol. The average Bonchev–Trinajstić information content (AvgIpc) is 2.89. The summed E-state index contributed by atoms with van der Waals surface area (Å²) in [6.07, 6.45) is 4.41. The normalized spacial score (nSPS) is 18.1. The van der Waals surface area contributed by atoms with Gasteiger partial charge in [-0.2, -0.15) is 0 Å². The molecule has 2 aliphatic carbocycles. The maximum atomic E-state index is 13.1. The Hall–Kier alpha value is -3.87. The van der Waals surface area contributed by atoms with Crippen LogP contribution in [0.3, 0.4) is 0 Å². The van der Waals surface area contributed by atoms with E-state index in [9.17, 15) is 14.4 Å². The summed E-state index contributed by atoms with van der Waals surface area (Å²) in [4.78, 5) is 40.7. The number of Topliss-reactive ketones (excluding diaryl/α,β-unsaturated/α-hetero) is 2. The third kappa shape index (κ3) is 4.41. The van der Waals surface area contributed by atoms with Gasteiger partial charge in [-0.3, -0.25) is 14.4 Å². The number of carbonyl (C=O) groups is 3. The summed E-state index contributed by atoms with van der Waals surface area (Å²) in [5, 5.41) is 2.79. The number of methoxy groups -OCH3 is 1. The maximum absolute atomic E-state index is 13.1. The third-order valence-electron chi connectivity index (χ3n) is 7.21. The summed E-state index contributed by atoms with van der Waals surface area (Å²) < 4.78 is 11.0. The molecule has 1 aliphatic heterocycles. The monoisotopic (exact) mass is 486 g/mol. The van der Waals surface area contributed by atoms with Crippen molar-refractivity contribution in [2.75, 3.05) is 26.1 Å². The highest BCUT2D eigenvalue weighted by atomic mass is 16.5. The Morgan fingerprint density at radius 1 is 0.917 bits per heavy atom. The fourth-order valence-corrected chi connectivity index (χ4v) is 5.53. The van der Waals surface area contributed by atoms with Gasteiger partial charge in [0.2, 0.25) is 0 Å². The van der Waals surface area contributed by atoms with Crippen LogP contribution in [0.25, 0.3) is 0 Å². The van der Waals surface area contributed by atoms with E-state index in [1.165, 1.54) is 0 Å². The van der Waals surface area contributed by atoms with E-state index in [-0.39, 0.29) is 30.0 Å². The average molecular weight is 487 g/mol. The number of amides is 1. The molecule has 0 atom stereocenters. The molecule has 3 aliphatic rings. The number of nitrogens with one attached hydrogen (secondary N) is 1. The number of rotatable bonds is 6. The first-order chi connectivity index (χ1) is 17.5. The predicted molar refractivity (Wildman–Crippen MR) is 136 cm³/mol. The maximum Gasteiger partial charge on any atom is 0.262 e. The number of ether oxygens (including phenoxy) is 2. The fourth-order valence-electron chi connectivity index (χ4n) is 5.53. The van der Waals surface area contributed by atoms with Crippen LogP contribution in [0.5, 0.6) is 11.5 Å². The summed E-state index contributed by atoms with van der Waals surface area (Å²) in [5.74, 6) is 0.733. The summed E-state index contributed by atoms with van der Waals surface area (Å²) >= 11 is 0. The Labute approximate surface area is 210 Å². The minimum Gasteiger partial charge on any atom is -0.495 e. The SMILES string of the molecule is COc1ccccc1NC(=O)COc1ccc(C2C3=C(CCCC3=O)N(C)C3=C2C(=O)CCC3)cc1. The molecule has 0 unspecified atom stereocenters. The third-order valence-corrected chi connectivity index (χ3v) is 7.21. The number of carbonyl (C=O) groups excluding carboxylic acids is 3. The molecule has 186 valence electrons. The van der Waals surface area contributed by atoms with Crippen molar-refractivity contribution in [2.24, 2.45) is 0 Å². The van der Waals surface area contributed by atoms with Crippen LogP contribution in [0.2, 0.25) is 0 Å². The minimum atomic E-state index is -0.338. The van der Waals surface area contributed by atoms with Crippen molar-refractivity contribution in [3.8, 4) is 11.5 Å². The lowest BCUT2D eigenvalue weighted by Crippen LogP contribution is -2.37. The van der Waals surface area contributed by atoms with Gasteiger partial charge in [-0.15, -0.1) is 0 Å². The van der Waals surface area contributed by atoms with Gasteiger partial charge in [-0.05, 0) is 55.5 Å². The molecule has 7 heteroatoms. The van der Waals surface area contributed by atoms with E-state index in [4.69, 9.17) is 9.47 Å². The van der Waals surface area contributed by atoms with Crippen molar-refractivity contribution in [2.45, 2.75) is 44.4 Å². The molecule has 2 aromatic carbocycles. The van der Waals surface area contributed by atoms with Crippen LogP contribution in [0, 0.1) is 0 Å². The van der Waals surface area contributed by atoms with Gasteiger partial charge in [0.05, 0.1) is 12.8 Å². The Kier molecular flexibility index (Phi) is 6.63. The molecule has 0 radical (unpaired) electrons. The van der Waals surface area contributed by atoms with Crippen LogP contribution in [0.1, 0.15) is 50.0 Å². The molecule has 0 aromatic heterocycles. The molecule has 1 N–H and O–H groups in total. The highest BCUT2D eigenvalue weighted by Gasteiger charge is 2.42. The number of para-hydroxylation sites is 2. The molecule has 0 spiro atoms. The van der Waals surface area contributed by atoms with E-state index in [1.807, 2.05) is 31.3 Å². The van der Waals surface area contributed by atoms with Gasteiger partial charge in [-0.25, -0.2) is 0 Å². The number of anilines is 1. The molecule has 1 heterocycles. The quantitative estimate of drug-likeness (QED) is 0.634. The Morgan fingerprint density at radius 3 is 2.14 bits per heavy atom. The second-order valence-electron chi connectivity index (χ2n) is 9.37. The summed E-state index contributed by atoms with van der Waals surface area (Å²) in [7, 11) is 3.54. The van der Waals surface area contributed by atoms with Gasteiger partial charge in [-0.1, -0.05) is 24.3 Å². The summed E-state index contributed by atoms with van der Waals surface area (Å²) in [6, 6.07) is 14.6. The topological polar surface area (TPSA) is 84.9 Å². The van der Waals surface area contributed by atoms with Gasteiger partial charge < -0.3 is 19.7 Å². The zero-order chi connectivity index (χ0) is 25.2. The minimum absolute atomic E-state index is 0.131. The van der Waals surface area contributed by atoms with Crippen molar-refractivity contribution in [1.29, 1.82) is 0 Å². The van der Waals surface area contributed by atoms with E-state index in [2.05, 4.69) is 10.2 Å². The van der Waals surface area contributed by atoms with Crippen molar-refractivity contribution in [3.05, 3.63) is 76.6 Å². The van der Waals surface area contributed by atoms with Crippen LogP contribution in [-0.2, 0) is 14.4 Å². The second kappa shape index (κ2) is 10.0. The number of hydrogen-bond acceptors (Lipinski definition) is 6. The van der Waals surface area contributed by atoms with Crippen molar-refractivity contribution >= 4 is 23.2 Å². The molecule has 5 rings (SSSR count). The predicted octanol–water partition coefficient (Wildman–Crippen LogP) is 4.76. The molecule has 1 amide bonds. The summed E-state index contributed by atoms with van der Waals surface area (Å²) in [5.41, 5.74) is 5.12. The lowest BCUT2D eigenvalue weighted by atomic mass is 9.71. The van der Waals surface area contributed by atoms with Crippen molar-refractivity contribution in [3.63, 3.8) is 0 Å². The van der Waals surface area contributed by atoms with E-state index in [0.717, 1.165) is 53.8 Å². The molecule has 0 saturated heterocycles. The van der Waals surface area contributed by atoms with Crippen LogP contribution in [0.15, 0.2) is 71.1 Å². The van der Waals surface area contributed by atoms with E-state index in [0.29, 0.717) is 30.0 Å². The zero-order valence-electron chi connectivity index (χ0n) is 20.6. The lowest BCUT2D eigenvalue weighted by Gasteiger charge is -2.42. The Balaban J connectivity index is 1.36. The number of ketones is 2. The molecule has 0 fully saturated rings. The summed E-state index contributed by atoms with van der Waals surface area (Å²) in [6.45, 7) is -0.160. The van der Waals surface area contributed by atoms with Crippen LogP contribution in [0.4, 0.5) is 5.69 Å². The van der Waals surface area contributed by atoms with Crippen LogP contribution in [-0.4, -0.2) is 43.1 Å². The number of benzene rings is 2. The molecule has 2 aromatic rings. The van der Waals surface area contributed by atoms with Gasteiger partial charge in [0, 0.05) is 48.3 Å². The van der Waals surface area contributed by atoms with E-state index in [1.54, 1.807) is 31.4 Å². The standard InChI is InChI=1S/C29H30N2O5/c1-31-21-8-5-10-23(32)28(21)27(29-22(31)9-6-11-24(29)33)18-13-15-19(16-14-18)36-17-26(34)30-20-7-3-4-12-25(20)35-2/h3-4,7,12-16,27H,5-6,8-11,17H2,1-2H3,(H,30,34). The Morgan fingerprint density at radius 2 is 1.53 bits per heavy atom. The van der Waals surface area contributed by atoms with Gasteiger partial charge >= 0.3 is 0 Å². The second-order valence-corrected chi connectivity index (χ2v) is 9.37. The van der Waals surface area contributed by atoms with Gasteiger partial charge in [0.25, 0.3) is 5.91 Å². The van der Waals surface area contributed by atoms with E-state index < -0.39 is 0 Å². The van der Waals surface area contributed by atoms with Gasteiger partial charge in [0.1, 0.15) is 11.5 Å². The first-order valence-electron chi connectivity index (χ1n) is 12.4. The van der Waals surface area contributed by atoms with E-state index >= 15 is 0 Å². The molecule has 0 bridgehead atoms. The van der Waals surface area contributed by atoms with Crippen LogP contribution < -0.4 is 14.8 Å². The fraction of sp³-hybridized carbons (Fsp3) is 0.345. The largest absolute Gasteiger partial charge is 0.495 e. The molecular formula is C29H30N2O5. The molecule has 36 heavy (non-hydrogen) atoms. The number of hydrogen-bond donors (Lipinski definition) is 1. The Bertz CT molecular complexity index is 1230. The van der Waals surface area contributed by atoms with Crippen LogP contribution >= 0.6 is 0 Å².